The number of rotatable bonds is 4. The number of sulfonamides is 1. The molecule has 1 aromatic rings. The lowest BCUT2D eigenvalue weighted by molar-refractivity contribution is -0.121. The molecule has 0 spiro atoms. The van der Waals surface area contributed by atoms with Crippen molar-refractivity contribution in [2.24, 2.45) is 5.73 Å². The van der Waals surface area contributed by atoms with Gasteiger partial charge in [-0.2, -0.15) is 13.2 Å². The van der Waals surface area contributed by atoms with E-state index in [0.29, 0.717) is 11.1 Å². The number of alkyl halides is 3. The van der Waals surface area contributed by atoms with Crippen molar-refractivity contribution < 1.29 is 21.6 Å². The van der Waals surface area contributed by atoms with Gasteiger partial charge >= 0.3 is 6.18 Å². The summed E-state index contributed by atoms with van der Waals surface area (Å²) >= 11 is 0. The van der Waals surface area contributed by atoms with Gasteiger partial charge in [0.05, 0.1) is 4.90 Å². The quantitative estimate of drug-likeness (QED) is 0.874. The van der Waals surface area contributed by atoms with Crippen LogP contribution in [0.15, 0.2) is 23.1 Å². The summed E-state index contributed by atoms with van der Waals surface area (Å²) in [6.07, 6.45) is -4.59. The molecule has 0 aliphatic heterocycles. The van der Waals surface area contributed by atoms with Crippen molar-refractivity contribution >= 4 is 10.0 Å². The lowest BCUT2D eigenvalue weighted by atomic mass is 10.1. The van der Waals surface area contributed by atoms with Crippen molar-refractivity contribution in [1.29, 1.82) is 0 Å². The molecule has 0 radical (unpaired) electrons. The molecular formula is C10H13F3N2O2S. The summed E-state index contributed by atoms with van der Waals surface area (Å²) in [5, 5.41) is 0. The molecule has 0 bridgehead atoms. The maximum atomic E-state index is 12.0. The Balaban J connectivity index is 3.05. The van der Waals surface area contributed by atoms with E-state index in [9.17, 15) is 21.6 Å². The summed E-state index contributed by atoms with van der Waals surface area (Å²) < 4.78 is 60.9. The molecule has 0 aliphatic rings. The zero-order chi connectivity index (χ0) is 14.0. The molecule has 1 rings (SSSR count). The van der Waals surface area contributed by atoms with Crippen LogP contribution in [-0.2, 0) is 16.6 Å². The Bertz CT molecular complexity index is 526. The first-order valence-electron chi connectivity index (χ1n) is 5.02. The van der Waals surface area contributed by atoms with Crippen LogP contribution in [0.1, 0.15) is 11.1 Å². The lowest BCUT2D eigenvalue weighted by Gasteiger charge is -2.12. The molecule has 0 fully saturated rings. The largest absolute Gasteiger partial charge is 0.402 e. The molecule has 1 aromatic carbocycles. The van der Waals surface area contributed by atoms with Crippen LogP contribution in [0, 0.1) is 6.92 Å². The van der Waals surface area contributed by atoms with Gasteiger partial charge in [-0.05, 0) is 24.1 Å². The van der Waals surface area contributed by atoms with Crippen LogP contribution < -0.4 is 10.5 Å². The van der Waals surface area contributed by atoms with Crippen LogP contribution in [0.3, 0.4) is 0 Å². The van der Waals surface area contributed by atoms with Crippen molar-refractivity contribution in [3.8, 4) is 0 Å². The first-order chi connectivity index (χ1) is 8.15. The SMILES string of the molecule is Cc1ccc(CN)cc1S(=O)(=O)NCC(F)(F)F. The molecule has 0 saturated carbocycles. The first-order valence-corrected chi connectivity index (χ1v) is 6.50. The zero-order valence-electron chi connectivity index (χ0n) is 9.58. The van der Waals surface area contributed by atoms with Crippen LogP contribution in [-0.4, -0.2) is 21.1 Å². The summed E-state index contributed by atoms with van der Waals surface area (Å²) in [4.78, 5) is -0.185. The van der Waals surface area contributed by atoms with Gasteiger partial charge in [0.25, 0.3) is 0 Å². The number of hydrogen-bond acceptors (Lipinski definition) is 3. The van der Waals surface area contributed by atoms with E-state index in [0.717, 1.165) is 0 Å². The van der Waals surface area contributed by atoms with Gasteiger partial charge in [-0.25, -0.2) is 13.1 Å². The van der Waals surface area contributed by atoms with Crippen LogP contribution >= 0.6 is 0 Å². The number of benzene rings is 1. The Morgan fingerprint density at radius 2 is 1.94 bits per heavy atom. The number of nitrogens with two attached hydrogens (primary N) is 1. The van der Waals surface area contributed by atoms with Crippen molar-refractivity contribution in [3.05, 3.63) is 29.3 Å². The summed E-state index contributed by atoms with van der Waals surface area (Å²) in [6.45, 7) is 0.0200. The third-order valence-electron chi connectivity index (χ3n) is 2.24. The molecule has 0 aliphatic carbocycles. The second kappa shape index (κ2) is 5.25. The summed E-state index contributed by atoms with van der Waals surface area (Å²) in [6, 6.07) is 4.40. The Kier molecular flexibility index (Phi) is 4.36. The second-order valence-corrected chi connectivity index (χ2v) is 5.48. The fraction of sp³-hybridized carbons (Fsp3) is 0.400. The van der Waals surface area contributed by atoms with E-state index in [1.807, 2.05) is 0 Å². The first kappa shape index (κ1) is 14.9. The van der Waals surface area contributed by atoms with E-state index in [1.165, 1.54) is 23.8 Å². The molecule has 0 saturated heterocycles. The molecule has 3 N–H and O–H groups in total. The smallest absolute Gasteiger partial charge is 0.326 e. The van der Waals surface area contributed by atoms with Gasteiger partial charge in [-0.3, -0.25) is 0 Å². The van der Waals surface area contributed by atoms with E-state index < -0.39 is 22.7 Å². The fourth-order valence-corrected chi connectivity index (χ4v) is 2.62. The molecule has 8 heteroatoms. The second-order valence-electron chi connectivity index (χ2n) is 3.74. The van der Waals surface area contributed by atoms with Gasteiger partial charge in [0.15, 0.2) is 0 Å². The fourth-order valence-electron chi connectivity index (χ4n) is 1.32. The minimum atomic E-state index is -4.59. The van der Waals surface area contributed by atoms with Crippen LogP contribution in [0.5, 0.6) is 0 Å². The molecule has 18 heavy (non-hydrogen) atoms. The van der Waals surface area contributed by atoms with Gasteiger partial charge < -0.3 is 5.73 Å². The standard InChI is InChI=1S/C10H13F3N2O2S/c1-7-2-3-8(5-14)4-9(7)18(16,17)15-6-10(11,12)13/h2-4,15H,5-6,14H2,1H3. The monoisotopic (exact) mass is 282 g/mol. The van der Waals surface area contributed by atoms with E-state index in [1.54, 1.807) is 6.07 Å². The Hall–Kier alpha value is -1.12. The highest BCUT2D eigenvalue weighted by Crippen LogP contribution is 2.19. The molecule has 0 atom stereocenters. The van der Waals surface area contributed by atoms with Crippen molar-refractivity contribution in [2.75, 3.05) is 6.54 Å². The minimum absolute atomic E-state index is 0.113. The maximum Gasteiger partial charge on any atom is 0.402 e. The van der Waals surface area contributed by atoms with Crippen LogP contribution in [0.2, 0.25) is 0 Å². The van der Waals surface area contributed by atoms with Crippen molar-refractivity contribution in [3.63, 3.8) is 0 Å². The predicted octanol–water partition coefficient (Wildman–Crippen LogP) is 1.29. The normalized spacial score (nSPS) is 12.7. The zero-order valence-corrected chi connectivity index (χ0v) is 10.4. The minimum Gasteiger partial charge on any atom is -0.326 e. The van der Waals surface area contributed by atoms with Crippen LogP contribution in [0.4, 0.5) is 13.2 Å². The molecule has 102 valence electrons. The molecule has 0 aromatic heterocycles. The van der Waals surface area contributed by atoms with E-state index in [2.05, 4.69) is 0 Å². The third-order valence-corrected chi connectivity index (χ3v) is 3.78. The highest BCUT2D eigenvalue weighted by Gasteiger charge is 2.30. The van der Waals surface area contributed by atoms with Gasteiger partial charge in [0.2, 0.25) is 10.0 Å². The molecule has 0 heterocycles. The Morgan fingerprint density at radius 3 is 2.44 bits per heavy atom. The maximum absolute atomic E-state index is 12.0. The predicted molar refractivity (Wildman–Crippen MR) is 60.3 cm³/mol. The molecule has 0 unspecified atom stereocenters. The molecule has 4 nitrogen and oxygen atoms in total. The van der Waals surface area contributed by atoms with Gasteiger partial charge in [0, 0.05) is 6.54 Å². The van der Waals surface area contributed by atoms with Crippen LogP contribution in [0.25, 0.3) is 0 Å². The third kappa shape index (κ3) is 3.97. The highest BCUT2D eigenvalue weighted by molar-refractivity contribution is 7.89. The number of hydrogen-bond donors (Lipinski definition) is 2. The average molecular weight is 282 g/mol. The topological polar surface area (TPSA) is 72.2 Å². The van der Waals surface area contributed by atoms with Gasteiger partial charge in [-0.1, -0.05) is 12.1 Å². The number of halogens is 3. The van der Waals surface area contributed by atoms with Crippen molar-refractivity contribution in [2.45, 2.75) is 24.5 Å². The highest BCUT2D eigenvalue weighted by atomic mass is 32.2. The average Bonchev–Trinajstić information content (AvgIpc) is 2.26. The Labute approximate surface area is 103 Å². The number of nitrogens with one attached hydrogen (secondary N) is 1. The van der Waals surface area contributed by atoms with Crippen molar-refractivity contribution in [1.82, 2.24) is 4.72 Å². The Morgan fingerprint density at radius 1 is 1.33 bits per heavy atom. The molecular weight excluding hydrogens is 269 g/mol. The summed E-state index contributed by atoms with van der Waals surface area (Å²) in [5.41, 5.74) is 6.26. The molecule has 0 amide bonds. The van der Waals surface area contributed by atoms with Gasteiger partial charge in [-0.15, -0.1) is 0 Å². The summed E-state index contributed by atoms with van der Waals surface area (Å²) in [7, 11) is -4.18. The van der Waals surface area contributed by atoms with Gasteiger partial charge in [0.1, 0.15) is 6.54 Å². The van der Waals surface area contributed by atoms with E-state index >= 15 is 0 Å². The summed E-state index contributed by atoms with van der Waals surface area (Å²) in [5.74, 6) is 0. The van der Waals surface area contributed by atoms with E-state index in [-0.39, 0.29) is 11.4 Å². The van der Waals surface area contributed by atoms with E-state index in [4.69, 9.17) is 5.73 Å². The lowest BCUT2D eigenvalue weighted by Crippen LogP contribution is -2.34. The number of aryl methyl sites for hydroxylation is 1.